The molecule has 2 heterocycles. The summed E-state index contributed by atoms with van der Waals surface area (Å²) in [6, 6.07) is 0. The maximum atomic E-state index is 12.3. The highest BCUT2D eigenvalue weighted by Crippen LogP contribution is 2.19. The lowest BCUT2D eigenvalue weighted by Gasteiger charge is -2.39. The van der Waals surface area contributed by atoms with Gasteiger partial charge < -0.3 is 19.9 Å². The molecule has 2 amide bonds. The fourth-order valence-electron chi connectivity index (χ4n) is 3.10. The second-order valence-corrected chi connectivity index (χ2v) is 6.13. The molecule has 6 heteroatoms. The third-order valence-corrected chi connectivity index (χ3v) is 4.40. The number of rotatable bonds is 5. The van der Waals surface area contributed by atoms with Crippen LogP contribution in [0.25, 0.3) is 0 Å². The molecule has 6 nitrogen and oxygen atoms in total. The van der Waals surface area contributed by atoms with E-state index in [0.717, 1.165) is 13.0 Å². The minimum atomic E-state index is -0.919. The SMILES string of the molecule is CNC(=O)C1(C)CN(C(=O)CCCN2CCCC2)CCO1. The van der Waals surface area contributed by atoms with Crippen LogP contribution in [-0.2, 0) is 14.3 Å². The number of amides is 2. The Hall–Kier alpha value is -1.14. The van der Waals surface area contributed by atoms with Crippen molar-refractivity contribution in [2.45, 2.75) is 38.2 Å². The molecule has 21 heavy (non-hydrogen) atoms. The minimum Gasteiger partial charge on any atom is -0.362 e. The maximum absolute atomic E-state index is 12.3. The molecule has 1 N–H and O–H groups in total. The van der Waals surface area contributed by atoms with E-state index in [2.05, 4.69) is 10.2 Å². The molecule has 0 bridgehead atoms. The van der Waals surface area contributed by atoms with Gasteiger partial charge in [0.05, 0.1) is 13.2 Å². The summed E-state index contributed by atoms with van der Waals surface area (Å²) in [6.45, 7) is 6.42. The van der Waals surface area contributed by atoms with Crippen LogP contribution in [0.4, 0.5) is 0 Å². The third kappa shape index (κ3) is 4.17. The molecule has 0 spiro atoms. The molecular weight excluding hydrogens is 270 g/mol. The third-order valence-electron chi connectivity index (χ3n) is 4.40. The van der Waals surface area contributed by atoms with Crippen molar-refractivity contribution in [3.05, 3.63) is 0 Å². The normalized spacial score (nSPS) is 26.9. The standard InChI is InChI=1S/C15H27N3O3/c1-15(14(20)16-2)12-18(10-11-21-15)13(19)6-5-9-17-7-3-4-8-17/h3-12H2,1-2H3,(H,16,20). The van der Waals surface area contributed by atoms with E-state index >= 15 is 0 Å². The molecule has 1 unspecified atom stereocenters. The topological polar surface area (TPSA) is 61.9 Å². The van der Waals surface area contributed by atoms with Crippen LogP contribution in [-0.4, -0.2) is 73.6 Å². The predicted octanol–water partition coefficient (Wildman–Crippen LogP) is 0.226. The smallest absolute Gasteiger partial charge is 0.253 e. The first kappa shape index (κ1) is 16.2. The molecule has 2 fully saturated rings. The summed E-state index contributed by atoms with van der Waals surface area (Å²) in [4.78, 5) is 28.3. The van der Waals surface area contributed by atoms with Crippen molar-refractivity contribution in [2.24, 2.45) is 0 Å². The van der Waals surface area contributed by atoms with Crippen molar-refractivity contribution >= 4 is 11.8 Å². The number of nitrogens with zero attached hydrogens (tertiary/aromatic N) is 2. The number of likely N-dealkylation sites (N-methyl/N-ethyl adjacent to an activating group) is 1. The zero-order valence-electron chi connectivity index (χ0n) is 13.2. The highest BCUT2D eigenvalue weighted by atomic mass is 16.5. The average molecular weight is 297 g/mol. The van der Waals surface area contributed by atoms with Gasteiger partial charge in [0.25, 0.3) is 5.91 Å². The van der Waals surface area contributed by atoms with Crippen LogP contribution >= 0.6 is 0 Å². The number of ether oxygens (including phenoxy) is 1. The van der Waals surface area contributed by atoms with Gasteiger partial charge in [0.15, 0.2) is 5.60 Å². The molecule has 2 saturated heterocycles. The van der Waals surface area contributed by atoms with Gasteiger partial charge in [-0.1, -0.05) is 0 Å². The van der Waals surface area contributed by atoms with Crippen molar-refractivity contribution in [2.75, 3.05) is 46.4 Å². The first-order chi connectivity index (χ1) is 10.0. The Kier molecular flexibility index (Phi) is 5.58. The number of likely N-dealkylation sites (tertiary alicyclic amines) is 1. The van der Waals surface area contributed by atoms with Gasteiger partial charge in [-0.05, 0) is 45.8 Å². The van der Waals surface area contributed by atoms with Crippen LogP contribution in [0.15, 0.2) is 0 Å². The summed E-state index contributed by atoms with van der Waals surface area (Å²) in [6.07, 6.45) is 4.01. The van der Waals surface area contributed by atoms with Gasteiger partial charge in [-0.3, -0.25) is 9.59 Å². The van der Waals surface area contributed by atoms with Crippen LogP contribution in [0.3, 0.4) is 0 Å². The van der Waals surface area contributed by atoms with Gasteiger partial charge in [-0.25, -0.2) is 0 Å². The Labute approximate surface area is 126 Å². The molecule has 0 aromatic heterocycles. The van der Waals surface area contributed by atoms with Gasteiger partial charge in [0, 0.05) is 20.0 Å². The van der Waals surface area contributed by atoms with Crippen molar-refractivity contribution < 1.29 is 14.3 Å². The molecular formula is C15H27N3O3. The van der Waals surface area contributed by atoms with E-state index in [1.54, 1.807) is 18.9 Å². The van der Waals surface area contributed by atoms with Gasteiger partial charge in [-0.2, -0.15) is 0 Å². The van der Waals surface area contributed by atoms with Gasteiger partial charge in [0.1, 0.15) is 0 Å². The average Bonchev–Trinajstić information content (AvgIpc) is 2.99. The molecule has 0 saturated carbocycles. The van der Waals surface area contributed by atoms with Gasteiger partial charge in [-0.15, -0.1) is 0 Å². The van der Waals surface area contributed by atoms with Crippen molar-refractivity contribution in [3.63, 3.8) is 0 Å². The number of hydrogen-bond acceptors (Lipinski definition) is 4. The monoisotopic (exact) mass is 297 g/mol. The molecule has 2 rings (SSSR count). The predicted molar refractivity (Wildman–Crippen MR) is 79.9 cm³/mol. The largest absolute Gasteiger partial charge is 0.362 e. The quantitative estimate of drug-likeness (QED) is 0.789. The van der Waals surface area contributed by atoms with Gasteiger partial charge >= 0.3 is 0 Å². The summed E-state index contributed by atoms with van der Waals surface area (Å²) < 4.78 is 5.57. The Morgan fingerprint density at radius 1 is 1.24 bits per heavy atom. The Morgan fingerprint density at radius 2 is 1.95 bits per heavy atom. The molecule has 0 radical (unpaired) electrons. The highest BCUT2D eigenvalue weighted by molar-refractivity contribution is 5.86. The first-order valence-corrected chi connectivity index (χ1v) is 7.91. The summed E-state index contributed by atoms with van der Waals surface area (Å²) in [5, 5.41) is 2.61. The molecule has 0 aliphatic carbocycles. The van der Waals surface area contributed by atoms with E-state index in [0.29, 0.717) is 26.1 Å². The number of morpholine rings is 1. The maximum Gasteiger partial charge on any atom is 0.253 e. The molecule has 0 aromatic rings. The van der Waals surface area contributed by atoms with Crippen LogP contribution in [0.5, 0.6) is 0 Å². The summed E-state index contributed by atoms with van der Waals surface area (Å²) in [5.74, 6) is -0.0373. The van der Waals surface area contributed by atoms with E-state index in [1.165, 1.54) is 25.9 Å². The molecule has 120 valence electrons. The van der Waals surface area contributed by atoms with E-state index in [4.69, 9.17) is 4.74 Å². The minimum absolute atomic E-state index is 0.132. The second-order valence-electron chi connectivity index (χ2n) is 6.13. The Morgan fingerprint density at radius 3 is 2.62 bits per heavy atom. The zero-order chi connectivity index (χ0) is 15.3. The fraction of sp³-hybridized carbons (Fsp3) is 0.867. The molecule has 0 aromatic carbocycles. The lowest BCUT2D eigenvalue weighted by atomic mass is 10.0. The lowest BCUT2D eigenvalue weighted by molar-refractivity contribution is -0.162. The fourth-order valence-corrected chi connectivity index (χ4v) is 3.10. The highest BCUT2D eigenvalue weighted by Gasteiger charge is 2.39. The number of carbonyl (C=O) groups is 2. The first-order valence-electron chi connectivity index (χ1n) is 7.91. The van der Waals surface area contributed by atoms with Crippen molar-refractivity contribution in [3.8, 4) is 0 Å². The van der Waals surface area contributed by atoms with E-state index < -0.39 is 5.60 Å². The Bertz CT molecular complexity index is 382. The summed E-state index contributed by atoms with van der Waals surface area (Å²) >= 11 is 0. The second kappa shape index (κ2) is 7.22. The van der Waals surface area contributed by atoms with Crippen LogP contribution < -0.4 is 5.32 Å². The molecule has 2 aliphatic rings. The van der Waals surface area contributed by atoms with E-state index in [-0.39, 0.29) is 11.8 Å². The van der Waals surface area contributed by atoms with Gasteiger partial charge in [0.2, 0.25) is 5.91 Å². The Balaban J connectivity index is 1.77. The lowest BCUT2D eigenvalue weighted by Crippen LogP contribution is -2.58. The number of carbonyl (C=O) groups excluding carboxylic acids is 2. The molecule has 2 aliphatic heterocycles. The molecule has 1 atom stereocenters. The summed E-state index contributed by atoms with van der Waals surface area (Å²) in [5.41, 5.74) is -0.919. The van der Waals surface area contributed by atoms with Crippen LogP contribution in [0.2, 0.25) is 0 Å². The van der Waals surface area contributed by atoms with Crippen molar-refractivity contribution in [1.29, 1.82) is 0 Å². The number of hydrogen-bond donors (Lipinski definition) is 1. The van der Waals surface area contributed by atoms with Crippen LogP contribution in [0, 0.1) is 0 Å². The van der Waals surface area contributed by atoms with Crippen LogP contribution in [0.1, 0.15) is 32.6 Å². The van der Waals surface area contributed by atoms with E-state index in [1.807, 2.05) is 0 Å². The zero-order valence-corrected chi connectivity index (χ0v) is 13.2. The van der Waals surface area contributed by atoms with Crippen molar-refractivity contribution in [1.82, 2.24) is 15.1 Å². The summed E-state index contributed by atoms with van der Waals surface area (Å²) in [7, 11) is 1.59. The number of nitrogens with one attached hydrogen (secondary N) is 1. The van der Waals surface area contributed by atoms with E-state index in [9.17, 15) is 9.59 Å².